The maximum atomic E-state index is 6.14. The molecule has 0 aliphatic rings. The number of nitrogens with zero attached hydrogens (tertiary/aromatic N) is 2. The molecular weight excluding hydrogens is 208 g/mol. The van der Waals surface area contributed by atoms with Crippen LogP contribution in [0.15, 0.2) is 30.5 Å². The SMILES string of the molecule is CCc1cccc(-c2cnn(C)c2Cl)c1. The second-order valence-electron chi connectivity index (χ2n) is 3.53. The number of hydrogen-bond donors (Lipinski definition) is 0. The molecule has 0 aliphatic heterocycles. The Hall–Kier alpha value is -1.28. The van der Waals surface area contributed by atoms with Gasteiger partial charge in [0.1, 0.15) is 5.15 Å². The zero-order valence-electron chi connectivity index (χ0n) is 8.87. The summed E-state index contributed by atoms with van der Waals surface area (Å²) in [6, 6.07) is 8.39. The molecule has 0 radical (unpaired) electrons. The summed E-state index contributed by atoms with van der Waals surface area (Å²) in [5, 5.41) is 4.82. The molecule has 0 atom stereocenters. The summed E-state index contributed by atoms with van der Waals surface area (Å²) in [4.78, 5) is 0. The maximum absolute atomic E-state index is 6.14. The van der Waals surface area contributed by atoms with Crippen LogP contribution < -0.4 is 0 Å². The van der Waals surface area contributed by atoms with Crippen molar-refractivity contribution in [2.24, 2.45) is 7.05 Å². The standard InChI is InChI=1S/C12H13ClN2/c1-3-9-5-4-6-10(7-9)11-8-14-15(2)12(11)13/h4-8H,3H2,1-2H3. The lowest BCUT2D eigenvalue weighted by atomic mass is 10.1. The summed E-state index contributed by atoms with van der Waals surface area (Å²) in [5.74, 6) is 0. The van der Waals surface area contributed by atoms with Gasteiger partial charge in [-0.05, 0) is 17.5 Å². The molecule has 0 unspecified atom stereocenters. The number of rotatable bonds is 2. The van der Waals surface area contributed by atoms with Gasteiger partial charge >= 0.3 is 0 Å². The molecule has 0 bridgehead atoms. The number of hydrogen-bond acceptors (Lipinski definition) is 1. The van der Waals surface area contributed by atoms with Crippen LogP contribution in [-0.2, 0) is 13.5 Å². The molecule has 0 saturated heterocycles. The van der Waals surface area contributed by atoms with Gasteiger partial charge in [-0.25, -0.2) is 0 Å². The minimum absolute atomic E-state index is 0.684. The molecule has 2 rings (SSSR count). The Morgan fingerprint density at radius 3 is 2.80 bits per heavy atom. The van der Waals surface area contributed by atoms with Crippen LogP contribution in [0.5, 0.6) is 0 Å². The van der Waals surface area contributed by atoms with Crippen molar-refractivity contribution >= 4 is 11.6 Å². The summed E-state index contributed by atoms with van der Waals surface area (Å²) in [6.07, 6.45) is 2.84. The van der Waals surface area contributed by atoms with E-state index in [2.05, 4.69) is 36.3 Å². The Kier molecular flexibility index (Phi) is 2.78. The Labute approximate surface area is 94.5 Å². The average molecular weight is 221 g/mol. The highest BCUT2D eigenvalue weighted by Gasteiger charge is 2.07. The monoisotopic (exact) mass is 220 g/mol. The lowest BCUT2D eigenvalue weighted by Gasteiger charge is -2.02. The van der Waals surface area contributed by atoms with Crippen LogP contribution in [0.2, 0.25) is 5.15 Å². The van der Waals surface area contributed by atoms with Gasteiger partial charge in [0.25, 0.3) is 0 Å². The van der Waals surface area contributed by atoms with E-state index in [1.165, 1.54) is 5.56 Å². The van der Waals surface area contributed by atoms with Crippen LogP contribution in [0, 0.1) is 0 Å². The van der Waals surface area contributed by atoms with E-state index in [1.807, 2.05) is 7.05 Å². The van der Waals surface area contributed by atoms with Gasteiger partial charge in [0.2, 0.25) is 0 Å². The molecule has 0 fully saturated rings. The third-order valence-electron chi connectivity index (χ3n) is 2.51. The van der Waals surface area contributed by atoms with Gasteiger partial charge in [0.05, 0.1) is 6.20 Å². The van der Waals surface area contributed by atoms with E-state index in [0.29, 0.717) is 5.15 Å². The minimum atomic E-state index is 0.684. The van der Waals surface area contributed by atoms with Crippen molar-refractivity contribution in [3.63, 3.8) is 0 Å². The first-order valence-corrected chi connectivity index (χ1v) is 5.37. The zero-order valence-corrected chi connectivity index (χ0v) is 9.62. The normalized spacial score (nSPS) is 10.6. The third-order valence-corrected chi connectivity index (χ3v) is 2.96. The van der Waals surface area contributed by atoms with Crippen LogP contribution in [0.3, 0.4) is 0 Å². The average Bonchev–Trinajstić information content (AvgIpc) is 2.60. The summed E-state index contributed by atoms with van der Waals surface area (Å²) in [7, 11) is 1.84. The Morgan fingerprint density at radius 2 is 2.20 bits per heavy atom. The van der Waals surface area contributed by atoms with E-state index in [-0.39, 0.29) is 0 Å². The van der Waals surface area contributed by atoms with Gasteiger partial charge in [0.15, 0.2) is 0 Å². The quantitative estimate of drug-likeness (QED) is 0.760. The molecule has 0 amide bonds. The van der Waals surface area contributed by atoms with Crippen molar-refractivity contribution in [3.8, 4) is 11.1 Å². The second kappa shape index (κ2) is 4.07. The molecule has 2 nitrogen and oxygen atoms in total. The van der Waals surface area contributed by atoms with Crippen LogP contribution in [-0.4, -0.2) is 9.78 Å². The Bertz CT molecular complexity index is 474. The van der Waals surface area contributed by atoms with Crippen LogP contribution in [0.25, 0.3) is 11.1 Å². The summed E-state index contributed by atoms with van der Waals surface area (Å²) in [5.41, 5.74) is 3.44. The predicted molar refractivity (Wildman–Crippen MR) is 63.0 cm³/mol. The first-order valence-electron chi connectivity index (χ1n) is 4.99. The van der Waals surface area contributed by atoms with Crippen molar-refractivity contribution in [1.29, 1.82) is 0 Å². The van der Waals surface area contributed by atoms with E-state index in [1.54, 1.807) is 10.9 Å². The van der Waals surface area contributed by atoms with Crippen molar-refractivity contribution in [2.75, 3.05) is 0 Å². The first-order chi connectivity index (χ1) is 7.22. The lowest BCUT2D eigenvalue weighted by molar-refractivity contribution is 0.769. The number of benzene rings is 1. The van der Waals surface area contributed by atoms with Gasteiger partial charge in [-0.2, -0.15) is 5.10 Å². The molecule has 78 valence electrons. The fourth-order valence-corrected chi connectivity index (χ4v) is 1.78. The van der Waals surface area contributed by atoms with E-state index >= 15 is 0 Å². The number of aromatic nitrogens is 2. The van der Waals surface area contributed by atoms with Crippen molar-refractivity contribution < 1.29 is 0 Å². The molecule has 0 aliphatic carbocycles. The molecule has 0 N–H and O–H groups in total. The largest absolute Gasteiger partial charge is 0.256 e. The maximum Gasteiger partial charge on any atom is 0.134 e. The second-order valence-corrected chi connectivity index (χ2v) is 3.88. The molecule has 2 aromatic rings. The summed E-state index contributed by atoms with van der Waals surface area (Å²) in [6.45, 7) is 2.14. The molecule has 0 saturated carbocycles. The molecular formula is C12H13ClN2. The van der Waals surface area contributed by atoms with Gasteiger partial charge in [-0.1, -0.05) is 42.8 Å². The topological polar surface area (TPSA) is 17.8 Å². The zero-order chi connectivity index (χ0) is 10.8. The van der Waals surface area contributed by atoms with Gasteiger partial charge in [-0.3, -0.25) is 4.68 Å². The minimum Gasteiger partial charge on any atom is -0.256 e. The van der Waals surface area contributed by atoms with Crippen LogP contribution in [0.1, 0.15) is 12.5 Å². The lowest BCUT2D eigenvalue weighted by Crippen LogP contribution is -1.88. The van der Waals surface area contributed by atoms with Crippen molar-refractivity contribution in [2.45, 2.75) is 13.3 Å². The Balaban J connectivity index is 2.49. The molecule has 15 heavy (non-hydrogen) atoms. The molecule has 1 aromatic carbocycles. The van der Waals surface area contributed by atoms with E-state index < -0.39 is 0 Å². The van der Waals surface area contributed by atoms with Gasteiger partial charge in [-0.15, -0.1) is 0 Å². The van der Waals surface area contributed by atoms with E-state index in [4.69, 9.17) is 11.6 Å². The van der Waals surface area contributed by atoms with Crippen molar-refractivity contribution in [1.82, 2.24) is 9.78 Å². The molecule has 0 spiro atoms. The van der Waals surface area contributed by atoms with Crippen molar-refractivity contribution in [3.05, 3.63) is 41.2 Å². The van der Waals surface area contributed by atoms with E-state index in [9.17, 15) is 0 Å². The highest BCUT2D eigenvalue weighted by Crippen LogP contribution is 2.27. The molecule has 1 heterocycles. The summed E-state index contributed by atoms with van der Waals surface area (Å²) >= 11 is 6.14. The fraction of sp³-hybridized carbons (Fsp3) is 0.250. The van der Waals surface area contributed by atoms with Gasteiger partial charge in [0, 0.05) is 12.6 Å². The summed E-state index contributed by atoms with van der Waals surface area (Å²) < 4.78 is 1.68. The Morgan fingerprint density at radius 1 is 1.40 bits per heavy atom. The smallest absolute Gasteiger partial charge is 0.134 e. The van der Waals surface area contributed by atoms with Gasteiger partial charge < -0.3 is 0 Å². The van der Waals surface area contributed by atoms with Crippen LogP contribution in [0.4, 0.5) is 0 Å². The number of halogens is 1. The third kappa shape index (κ3) is 1.90. The number of aryl methyl sites for hydroxylation is 2. The molecule has 3 heteroatoms. The predicted octanol–water partition coefficient (Wildman–Crippen LogP) is 3.30. The molecule has 1 aromatic heterocycles. The highest BCUT2D eigenvalue weighted by molar-refractivity contribution is 6.32. The first kappa shape index (κ1) is 10.2. The highest BCUT2D eigenvalue weighted by atomic mass is 35.5. The van der Waals surface area contributed by atoms with E-state index in [0.717, 1.165) is 17.5 Å². The fourth-order valence-electron chi connectivity index (χ4n) is 1.58. The van der Waals surface area contributed by atoms with Crippen LogP contribution >= 0.6 is 11.6 Å².